The van der Waals surface area contributed by atoms with Crippen molar-refractivity contribution in [1.29, 1.82) is 0 Å². The van der Waals surface area contributed by atoms with Crippen LogP contribution in [0.3, 0.4) is 0 Å². The van der Waals surface area contributed by atoms with E-state index >= 15 is 0 Å². The molecule has 0 bridgehead atoms. The fourth-order valence-electron chi connectivity index (χ4n) is 3.13. The molecule has 0 spiro atoms. The summed E-state index contributed by atoms with van der Waals surface area (Å²) < 4.78 is 27.4. The zero-order valence-electron chi connectivity index (χ0n) is 16.3. The Morgan fingerprint density at radius 1 is 0.897 bits per heavy atom. The average Bonchev–Trinajstić information content (AvgIpc) is 2.65. The van der Waals surface area contributed by atoms with E-state index in [0.29, 0.717) is 0 Å². The highest BCUT2D eigenvalue weighted by atomic mass is 35.5. The molecule has 2 N–H and O–H groups in total. The molecular formula is C22H21ClN2O3S. The van der Waals surface area contributed by atoms with Crippen LogP contribution in [0.15, 0.2) is 65.6 Å². The summed E-state index contributed by atoms with van der Waals surface area (Å²) in [4.78, 5) is 12.8. The van der Waals surface area contributed by atoms with Crippen molar-refractivity contribution in [2.75, 3.05) is 10.0 Å². The predicted molar refractivity (Wildman–Crippen MR) is 117 cm³/mol. The van der Waals surface area contributed by atoms with E-state index in [4.69, 9.17) is 11.6 Å². The van der Waals surface area contributed by atoms with Crippen LogP contribution in [0.2, 0.25) is 5.02 Å². The van der Waals surface area contributed by atoms with Gasteiger partial charge in [-0.3, -0.25) is 9.52 Å². The molecule has 0 fully saturated rings. The van der Waals surface area contributed by atoms with E-state index in [1.54, 1.807) is 18.2 Å². The van der Waals surface area contributed by atoms with Gasteiger partial charge >= 0.3 is 0 Å². The highest BCUT2D eigenvalue weighted by Gasteiger charge is 2.17. The summed E-state index contributed by atoms with van der Waals surface area (Å²) in [5.41, 5.74) is 4.31. The number of halogens is 1. The molecule has 3 aromatic rings. The highest BCUT2D eigenvalue weighted by Crippen LogP contribution is 2.26. The lowest BCUT2D eigenvalue weighted by molar-refractivity contribution is 0.102. The maximum absolute atomic E-state index is 12.7. The number of benzene rings is 3. The van der Waals surface area contributed by atoms with Crippen LogP contribution in [-0.2, 0) is 10.0 Å². The predicted octanol–water partition coefficient (Wildman–Crippen LogP) is 5.32. The Bertz CT molecular complexity index is 1150. The molecule has 0 radical (unpaired) electrons. The van der Waals surface area contributed by atoms with Gasteiger partial charge in [0.25, 0.3) is 15.9 Å². The Balaban J connectivity index is 1.82. The lowest BCUT2D eigenvalue weighted by Crippen LogP contribution is -2.16. The van der Waals surface area contributed by atoms with Crippen molar-refractivity contribution in [2.45, 2.75) is 25.7 Å². The second-order valence-corrected chi connectivity index (χ2v) is 8.93. The van der Waals surface area contributed by atoms with Gasteiger partial charge in [-0.25, -0.2) is 8.42 Å². The van der Waals surface area contributed by atoms with Gasteiger partial charge in [0.2, 0.25) is 0 Å². The summed E-state index contributed by atoms with van der Waals surface area (Å²) in [5, 5.41) is 3.05. The van der Waals surface area contributed by atoms with Crippen LogP contribution in [0, 0.1) is 20.8 Å². The summed E-state index contributed by atoms with van der Waals surface area (Å²) in [5.74, 6) is -0.359. The van der Waals surface area contributed by atoms with E-state index in [2.05, 4.69) is 10.0 Å². The van der Waals surface area contributed by atoms with Crippen molar-refractivity contribution >= 4 is 38.9 Å². The number of anilines is 2. The van der Waals surface area contributed by atoms with Gasteiger partial charge in [-0.2, -0.15) is 0 Å². The molecule has 0 atom stereocenters. The molecule has 29 heavy (non-hydrogen) atoms. The van der Waals surface area contributed by atoms with Crippen molar-refractivity contribution in [3.05, 3.63) is 87.9 Å². The molecule has 3 rings (SSSR count). The molecule has 0 unspecified atom stereocenters. The maximum Gasteiger partial charge on any atom is 0.261 e. The molecule has 0 heterocycles. The van der Waals surface area contributed by atoms with Gasteiger partial charge in [-0.15, -0.1) is 0 Å². The Morgan fingerprint density at radius 3 is 2.10 bits per heavy atom. The van der Waals surface area contributed by atoms with Crippen LogP contribution in [-0.4, -0.2) is 14.3 Å². The molecule has 0 saturated carbocycles. The summed E-state index contributed by atoms with van der Waals surface area (Å²) in [7, 11) is -3.74. The van der Waals surface area contributed by atoms with Crippen molar-refractivity contribution < 1.29 is 13.2 Å². The molecule has 5 nitrogen and oxygen atoms in total. The van der Waals surface area contributed by atoms with Crippen molar-refractivity contribution in [3.8, 4) is 0 Å². The Kier molecular flexibility index (Phi) is 5.96. The van der Waals surface area contributed by atoms with Crippen LogP contribution in [0.4, 0.5) is 11.4 Å². The fraction of sp³-hybridized carbons (Fsp3) is 0.136. The monoisotopic (exact) mass is 428 g/mol. The normalized spacial score (nSPS) is 11.2. The third kappa shape index (κ3) is 4.78. The number of rotatable bonds is 5. The van der Waals surface area contributed by atoms with Crippen molar-refractivity contribution in [3.63, 3.8) is 0 Å². The van der Waals surface area contributed by atoms with Crippen LogP contribution in [0.25, 0.3) is 0 Å². The smallest absolute Gasteiger partial charge is 0.261 e. The molecule has 150 valence electrons. The van der Waals surface area contributed by atoms with Crippen LogP contribution < -0.4 is 10.0 Å². The third-order valence-corrected chi connectivity index (χ3v) is 6.14. The van der Waals surface area contributed by atoms with Gasteiger partial charge < -0.3 is 5.32 Å². The Labute approximate surface area is 175 Å². The quantitative estimate of drug-likeness (QED) is 0.577. The molecule has 0 saturated heterocycles. The Morgan fingerprint density at radius 2 is 1.52 bits per heavy atom. The third-order valence-electron chi connectivity index (χ3n) is 4.43. The summed E-state index contributed by atoms with van der Waals surface area (Å²) in [6.07, 6.45) is 0. The topological polar surface area (TPSA) is 75.3 Å². The lowest BCUT2D eigenvalue weighted by Gasteiger charge is -2.14. The van der Waals surface area contributed by atoms with E-state index in [1.807, 2.05) is 32.9 Å². The number of carbonyl (C=O) groups excluding carboxylic acids is 1. The van der Waals surface area contributed by atoms with E-state index in [-0.39, 0.29) is 27.1 Å². The second kappa shape index (κ2) is 8.27. The number of sulfonamides is 1. The summed E-state index contributed by atoms with van der Waals surface area (Å²) >= 11 is 6.27. The number of hydrogen-bond donors (Lipinski definition) is 2. The van der Waals surface area contributed by atoms with Gasteiger partial charge in [-0.05, 0) is 62.2 Å². The number of amides is 1. The first kappa shape index (κ1) is 20.9. The highest BCUT2D eigenvalue weighted by molar-refractivity contribution is 7.92. The number of aryl methyl sites for hydroxylation is 3. The molecule has 0 aliphatic heterocycles. The van der Waals surface area contributed by atoms with Crippen LogP contribution in [0.1, 0.15) is 27.0 Å². The average molecular weight is 429 g/mol. The molecule has 3 aromatic carbocycles. The lowest BCUT2D eigenvalue weighted by atomic mass is 10.0. The first-order valence-electron chi connectivity index (χ1n) is 8.94. The maximum atomic E-state index is 12.7. The first-order chi connectivity index (χ1) is 13.7. The fourth-order valence-corrected chi connectivity index (χ4v) is 4.47. The minimum absolute atomic E-state index is 0.142. The number of hydrogen-bond acceptors (Lipinski definition) is 3. The molecule has 0 aliphatic rings. The Hall–Kier alpha value is -2.83. The SMILES string of the molecule is Cc1cc(C)c(NC(=O)c2ccc(NS(=O)(=O)c3ccccc3)cc2Cl)c(C)c1. The van der Waals surface area contributed by atoms with Crippen molar-refractivity contribution in [2.24, 2.45) is 0 Å². The van der Waals surface area contributed by atoms with Gasteiger partial charge in [-0.1, -0.05) is 47.5 Å². The number of carbonyl (C=O) groups is 1. The number of nitrogens with one attached hydrogen (secondary N) is 2. The zero-order valence-corrected chi connectivity index (χ0v) is 17.9. The standard InChI is InChI=1S/C22H21ClN2O3S/c1-14-11-15(2)21(16(3)12-14)24-22(26)19-10-9-17(13-20(19)23)25-29(27,28)18-7-5-4-6-8-18/h4-13,25H,1-3H3,(H,24,26). The first-order valence-corrected chi connectivity index (χ1v) is 10.8. The van der Waals surface area contributed by atoms with Crippen molar-refractivity contribution in [1.82, 2.24) is 0 Å². The van der Waals surface area contributed by atoms with Gasteiger partial charge in [0.1, 0.15) is 0 Å². The summed E-state index contributed by atoms with van der Waals surface area (Å²) in [6, 6.07) is 16.4. The largest absolute Gasteiger partial charge is 0.321 e. The van der Waals surface area contributed by atoms with Crippen LogP contribution >= 0.6 is 11.6 Å². The van der Waals surface area contributed by atoms with E-state index < -0.39 is 10.0 Å². The van der Waals surface area contributed by atoms with E-state index in [0.717, 1.165) is 22.4 Å². The van der Waals surface area contributed by atoms with Gasteiger partial charge in [0, 0.05) is 5.69 Å². The van der Waals surface area contributed by atoms with Gasteiger partial charge in [0.15, 0.2) is 0 Å². The second-order valence-electron chi connectivity index (χ2n) is 6.84. The minimum atomic E-state index is -3.74. The zero-order chi connectivity index (χ0) is 21.2. The molecule has 7 heteroatoms. The molecule has 0 aromatic heterocycles. The minimum Gasteiger partial charge on any atom is -0.321 e. The molecule has 0 aliphatic carbocycles. The van der Waals surface area contributed by atoms with Crippen LogP contribution in [0.5, 0.6) is 0 Å². The van der Waals surface area contributed by atoms with E-state index in [1.165, 1.54) is 30.3 Å². The van der Waals surface area contributed by atoms with Gasteiger partial charge in [0.05, 0.1) is 21.2 Å². The molecular weight excluding hydrogens is 408 g/mol. The molecule has 1 amide bonds. The summed E-state index contributed by atoms with van der Waals surface area (Å²) in [6.45, 7) is 5.86. The van der Waals surface area contributed by atoms with E-state index in [9.17, 15) is 13.2 Å².